The van der Waals surface area contributed by atoms with Gasteiger partial charge >= 0.3 is 0 Å². The highest BCUT2D eigenvalue weighted by atomic mass is 16.5. The lowest BCUT2D eigenvalue weighted by molar-refractivity contribution is -0.117. The molecule has 15 heavy (non-hydrogen) atoms. The molecule has 0 saturated heterocycles. The molecule has 0 aliphatic carbocycles. The number of methoxy groups -OCH3 is 1. The second kappa shape index (κ2) is 7.83. The number of hydrogen-bond acceptors (Lipinski definition) is 4. The number of rotatable bonds is 6. The van der Waals surface area contributed by atoms with Crippen LogP contribution in [0, 0.1) is 11.3 Å². The van der Waals surface area contributed by atoms with Crippen LogP contribution in [0.1, 0.15) is 13.8 Å². The maximum absolute atomic E-state index is 11.4. The zero-order valence-corrected chi connectivity index (χ0v) is 9.33. The van der Waals surface area contributed by atoms with E-state index in [2.05, 4.69) is 10.6 Å². The molecular formula is C10H17N3O2. The Morgan fingerprint density at radius 2 is 2.27 bits per heavy atom. The first kappa shape index (κ1) is 13.5. The fraction of sp³-hybridized carbons (Fsp3) is 0.600. The molecular weight excluding hydrogens is 194 g/mol. The standard InChI is InChI=1S/C10H17N3O2/c1-8(2)13-7-9(6-11)10(14)12-4-5-15-3/h7-8,13H,4-5H2,1-3H3,(H,12,14)/b9-7-. The second-order valence-electron chi connectivity index (χ2n) is 3.24. The summed E-state index contributed by atoms with van der Waals surface area (Å²) in [5.41, 5.74) is 0.0693. The molecule has 84 valence electrons. The van der Waals surface area contributed by atoms with Gasteiger partial charge in [-0.3, -0.25) is 4.79 Å². The molecule has 1 amide bonds. The molecule has 0 saturated carbocycles. The highest BCUT2D eigenvalue weighted by Crippen LogP contribution is 1.91. The van der Waals surface area contributed by atoms with E-state index >= 15 is 0 Å². The lowest BCUT2D eigenvalue weighted by Crippen LogP contribution is -2.29. The number of amides is 1. The molecule has 2 N–H and O–H groups in total. The Morgan fingerprint density at radius 3 is 2.73 bits per heavy atom. The van der Waals surface area contributed by atoms with E-state index in [1.54, 1.807) is 7.11 Å². The van der Waals surface area contributed by atoms with Gasteiger partial charge in [-0.15, -0.1) is 0 Å². The van der Waals surface area contributed by atoms with Crippen molar-refractivity contribution in [3.05, 3.63) is 11.8 Å². The zero-order valence-electron chi connectivity index (χ0n) is 9.33. The summed E-state index contributed by atoms with van der Waals surface area (Å²) >= 11 is 0. The van der Waals surface area contributed by atoms with Gasteiger partial charge < -0.3 is 15.4 Å². The van der Waals surface area contributed by atoms with Crippen LogP contribution in [0.5, 0.6) is 0 Å². The number of carbonyl (C=O) groups is 1. The summed E-state index contributed by atoms with van der Waals surface area (Å²) in [6, 6.07) is 2.02. The minimum Gasteiger partial charge on any atom is -0.387 e. The minimum atomic E-state index is -0.386. The Bertz CT molecular complexity index is 266. The SMILES string of the molecule is COCCNC(=O)/C(C#N)=C\NC(C)C. The van der Waals surface area contributed by atoms with Crippen LogP contribution in [0.15, 0.2) is 11.8 Å². The molecule has 5 nitrogen and oxygen atoms in total. The first-order valence-corrected chi connectivity index (χ1v) is 4.75. The largest absolute Gasteiger partial charge is 0.387 e. The van der Waals surface area contributed by atoms with Crippen LogP contribution in [-0.2, 0) is 9.53 Å². The minimum absolute atomic E-state index is 0.0693. The quantitative estimate of drug-likeness (QED) is 0.373. The monoisotopic (exact) mass is 211 g/mol. The number of nitrogens with one attached hydrogen (secondary N) is 2. The Balaban J connectivity index is 4.11. The van der Waals surface area contributed by atoms with Gasteiger partial charge in [0.25, 0.3) is 5.91 Å². The maximum atomic E-state index is 11.4. The summed E-state index contributed by atoms with van der Waals surface area (Å²) in [5.74, 6) is -0.386. The summed E-state index contributed by atoms with van der Waals surface area (Å²) < 4.78 is 4.77. The first-order valence-electron chi connectivity index (χ1n) is 4.75. The highest BCUT2D eigenvalue weighted by molar-refractivity contribution is 5.97. The first-order chi connectivity index (χ1) is 7.11. The van der Waals surface area contributed by atoms with Crippen molar-refractivity contribution >= 4 is 5.91 Å². The van der Waals surface area contributed by atoms with Crippen molar-refractivity contribution in [2.24, 2.45) is 0 Å². The third-order valence-electron chi connectivity index (χ3n) is 1.52. The lowest BCUT2D eigenvalue weighted by Gasteiger charge is -2.06. The van der Waals surface area contributed by atoms with Crippen LogP contribution < -0.4 is 10.6 Å². The van der Waals surface area contributed by atoms with Gasteiger partial charge in [-0.25, -0.2) is 0 Å². The normalized spacial score (nSPS) is 11.0. The topological polar surface area (TPSA) is 74.1 Å². The van der Waals surface area contributed by atoms with E-state index < -0.39 is 0 Å². The highest BCUT2D eigenvalue weighted by Gasteiger charge is 2.07. The molecule has 0 fully saturated rings. The van der Waals surface area contributed by atoms with Gasteiger partial charge in [-0.2, -0.15) is 5.26 Å². The van der Waals surface area contributed by atoms with E-state index in [9.17, 15) is 4.79 Å². The van der Waals surface area contributed by atoms with Crippen LogP contribution in [0.25, 0.3) is 0 Å². The molecule has 0 aliphatic heterocycles. The van der Waals surface area contributed by atoms with Gasteiger partial charge in [0.2, 0.25) is 0 Å². The molecule has 0 atom stereocenters. The maximum Gasteiger partial charge on any atom is 0.263 e. The van der Waals surface area contributed by atoms with E-state index in [1.807, 2.05) is 19.9 Å². The van der Waals surface area contributed by atoms with Crippen LogP contribution in [0.2, 0.25) is 0 Å². The smallest absolute Gasteiger partial charge is 0.263 e. The number of nitriles is 1. The molecule has 0 rings (SSSR count). The summed E-state index contributed by atoms with van der Waals surface area (Å²) in [5, 5.41) is 14.2. The molecule has 0 unspecified atom stereocenters. The predicted molar refractivity (Wildman–Crippen MR) is 56.9 cm³/mol. The van der Waals surface area contributed by atoms with Gasteiger partial charge in [0.05, 0.1) is 6.61 Å². The molecule has 0 aliphatic rings. The van der Waals surface area contributed by atoms with E-state index in [0.29, 0.717) is 13.2 Å². The van der Waals surface area contributed by atoms with Gasteiger partial charge in [0.1, 0.15) is 11.6 Å². The van der Waals surface area contributed by atoms with Crippen molar-refractivity contribution in [3.8, 4) is 6.07 Å². The number of hydrogen-bond donors (Lipinski definition) is 2. The fourth-order valence-corrected chi connectivity index (χ4v) is 0.760. The number of ether oxygens (including phenoxy) is 1. The molecule has 0 aromatic rings. The van der Waals surface area contributed by atoms with E-state index in [-0.39, 0.29) is 17.5 Å². The Morgan fingerprint density at radius 1 is 1.60 bits per heavy atom. The van der Waals surface area contributed by atoms with Gasteiger partial charge in [-0.1, -0.05) is 0 Å². The van der Waals surface area contributed by atoms with E-state index in [1.165, 1.54) is 6.20 Å². The van der Waals surface area contributed by atoms with Crippen molar-refractivity contribution in [2.45, 2.75) is 19.9 Å². The Hall–Kier alpha value is -1.54. The van der Waals surface area contributed by atoms with Crippen LogP contribution in [0.3, 0.4) is 0 Å². The fourth-order valence-electron chi connectivity index (χ4n) is 0.760. The number of nitrogens with zero attached hydrogens (tertiary/aromatic N) is 1. The van der Waals surface area contributed by atoms with Gasteiger partial charge in [0.15, 0.2) is 0 Å². The van der Waals surface area contributed by atoms with Crippen molar-refractivity contribution in [2.75, 3.05) is 20.3 Å². The Labute approximate surface area is 90.1 Å². The Kier molecular flexibility index (Phi) is 7.02. The predicted octanol–water partition coefficient (Wildman–Crippen LogP) is 0.154. The summed E-state index contributed by atoms with van der Waals surface area (Å²) in [7, 11) is 1.55. The number of carbonyl (C=O) groups excluding carboxylic acids is 1. The van der Waals surface area contributed by atoms with Crippen molar-refractivity contribution in [1.29, 1.82) is 5.26 Å². The van der Waals surface area contributed by atoms with Crippen molar-refractivity contribution in [1.82, 2.24) is 10.6 Å². The van der Waals surface area contributed by atoms with Crippen LogP contribution in [0.4, 0.5) is 0 Å². The molecule has 5 heteroatoms. The van der Waals surface area contributed by atoms with E-state index in [4.69, 9.17) is 10.00 Å². The lowest BCUT2D eigenvalue weighted by atomic mass is 10.3. The average Bonchev–Trinajstić information content (AvgIpc) is 2.18. The molecule has 0 radical (unpaired) electrons. The third kappa shape index (κ3) is 6.52. The van der Waals surface area contributed by atoms with Crippen LogP contribution >= 0.6 is 0 Å². The van der Waals surface area contributed by atoms with Gasteiger partial charge in [0, 0.05) is 25.9 Å². The van der Waals surface area contributed by atoms with E-state index in [0.717, 1.165) is 0 Å². The summed E-state index contributed by atoms with van der Waals surface area (Å²) in [4.78, 5) is 11.4. The molecule has 0 spiro atoms. The van der Waals surface area contributed by atoms with Crippen molar-refractivity contribution < 1.29 is 9.53 Å². The molecule has 0 aromatic carbocycles. The molecule has 0 heterocycles. The molecule has 0 bridgehead atoms. The molecule has 0 aromatic heterocycles. The zero-order chi connectivity index (χ0) is 11.7. The van der Waals surface area contributed by atoms with Crippen molar-refractivity contribution in [3.63, 3.8) is 0 Å². The average molecular weight is 211 g/mol. The second-order valence-corrected chi connectivity index (χ2v) is 3.24. The van der Waals surface area contributed by atoms with Gasteiger partial charge in [-0.05, 0) is 13.8 Å². The summed E-state index contributed by atoms with van der Waals surface area (Å²) in [6.45, 7) is 4.68. The summed E-state index contributed by atoms with van der Waals surface area (Å²) in [6.07, 6.45) is 1.42. The third-order valence-corrected chi connectivity index (χ3v) is 1.52. The van der Waals surface area contributed by atoms with Crippen LogP contribution in [-0.4, -0.2) is 32.2 Å².